The van der Waals surface area contributed by atoms with Gasteiger partial charge in [0.25, 0.3) is 0 Å². The predicted octanol–water partition coefficient (Wildman–Crippen LogP) is 0.987. The van der Waals surface area contributed by atoms with Crippen molar-refractivity contribution < 1.29 is 14.6 Å². The number of esters is 1. The molecule has 0 unspecified atom stereocenters. The highest BCUT2D eigenvalue weighted by atomic mass is 16.5. The third kappa shape index (κ3) is 2.53. The van der Waals surface area contributed by atoms with E-state index in [-0.39, 0.29) is 6.42 Å². The van der Waals surface area contributed by atoms with E-state index in [4.69, 9.17) is 0 Å². The van der Waals surface area contributed by atoms with Gasteiger partial charge in [-0.1, -0.05) is 6.07 Å². The minimum atomic E-state index is -0.886. The number of hydrogen-bond acceptors (Lipinski definition) is 4. The van der Waals surface area contributed by atoms with Crippen molar-refractivity contribution in [2.75, 3.05) is 7.11 Å². The molecule has 0 fully saturated rings. The Morgan fingerprint density at radius 1 is 1.71 bits per heavy atom. The highest BCUT2D eigenvalue weighted by Gasteiger charge is 2.15. The quantitative estimate of drug-likeness (QED) is 0.730. The summed E-state index contributed by atoms with van der Waals surface area (Å²) in [6.07, 6.45) is 0.639. The van der Waals surface area contributed by atoms with Gasteiger partial charge in [0.15, 0.2) is 0 Å². The monoisotopic (exact) mass is 195 g/mol. The number of pyridine rings is 1. The van der Waals surface area contributed by atoms with Crippen LogP contribution in [0, 0.1) is 6.92 Å². The van der Waals surface area contributed by atoms with Crippen LogP contribution in [0.5, 0.6) is 0 Å². The summed E-state index contributed by atoms with van der Waals surface area (Å²) in [5, 5.41) is 9.64. The number of ether oxygens (including phenoxy) is 1. The Kier molecular flexibility index (Phi) is 3.59. The molecule has 0 aliphatic carbocycles. The van der Waals surface area contributed by atoms with E-state index in [1.165, 1.54) is 7.11 Å². The van der Waals surface area contributed by atoms with Gasteiger partial charge in [-0.15, -0.1) is 0 Å². The minimum Gasteiger partial charge on any atom is -0.469 e. The average molecular weight is 195 g/mol. The lowest BCUT2D eigenvalue weighted by atomic mass is 10.1. The van der Waals surface area contributed by atoms with Gasteiger partial charge >= 0.3 is 5.97 Å². The lowest BCUT2D eigenvalue weighted by Gasteiger charge is -2.10. The molecular weight excluding hydrogens is 182 g/mol. The van der Waals surface area contributed by atoms with Crippen LogP contribution in [-0.4, -0.2) is 23.2 Å². The Balaban J connectivity index is 2.74. The number of aromatic nitrogens is 1. The van der Waals surface area contributed by atoms with Crippen molar-refractivity contribution in [3.05, 3.63) is 29.6 Å². The molecular formula is C10H13NO3. The largest absolute Gasteiger partial charge is 0.469 e. The van der Waals surface area contributed by atoms with Gasteiger partial charge in [0, 0.05) is 6.20 Å². The molecule has 1 rings (SSSR count). The molecule has 14 heavy (non-hydrogen) atoms. The van der Waals surface area contributed by atoms with Crippen molar-refractivity contribution >= 4 is 5.97 Å². The molecule has 0 bridgehead atoms. The van der Waals surface area contributed by atoms with Crippen molar-refractivity contribution in [2.45, 2.75) is 19.4 Å². The summed E-state index contributed by atoms with van der Waals surface area (Å²) < 4.78 is 4.46. The summed E-state index contributed by atoms with van der Waals surface area (Å²) in [7, 11) is 1.29. The predicted molar refractivity (Wildman–Crippen MR) is 50.6 cm³/mol. The van der Waals surface area contributed by atoms with Crippen molar-refractivity contribution in [3.8, 4) is 0 Å². The van der Waals surface area contributed by atoms with Crippen molar-refractivity contribution in [3.63, 3.8) is 0 Å². The maximum absolute atomic E-state index is 10.9. The molecule has 0 saturated heterocycles. The van der Waals surface area contributed by atoms with Crippen LogP contribution in [0.4, 0.5) is 0 Å². The lowest BCUT2D eigenvalue weighted by Crippen LogP contribution is -2.10. The number of carbonyl (C=O) groups is 1. The first-order valence-corrected chi connectivity index (χ1v) is 4.31. The third-order valence-electron chi connectivity index (χ3n) is 1.95. The van der Waals surface area contributed by atoms with E-state index >= 15 is 0 Å². The zero-order valence-electron chi connectivity index (χ0n) is 8.23. The number of aryl methyl sites for hydroxylation is 1. The van der Waals surface area contributed by atoms with Crippen LogP contribution in [0.1, 0.15) is 23.8 Å². The van der Waals surface area contributed by atoms with Gasteiger partial charge < -0.3 is 9.84 Å². The van der Waals surface area contributed by atoms with Crippen LogP contribution in [0.2, 0.25) is 0 Å². The molecule has 1 atom stereocenters. The Hall–Kier alpha value is -1.42. The van der Waals surface area contributed by atoms with Gasteiger partial charge in [-0.25, -0.2) is 0 Å². The van der Waals surface area contributed by atoms with Crippen LogP contribution in [-0.2, 0) is 9.53 Å². The van der Waals surface area contributed by atoms with E-state index in [0.29, 0.717) is 5.69 Å². The average Bonchev–Trinajstić information content (AvgIpc) is 2.18. The smallest absolute Gasteiger partial charge is 0.308 e. The van der Waals surface area contributed by atoms with Gasteiger partial charge in [-0.2, -0.15) is 0 Å². The summed E-state index contributed by atoms with van der Waals surface area (Å²) in [6, 6.07) is 3.62. The lowest BCUT2D eigenvalue weighted by molar-refractivity contribution is -0.142. The Morgan fingerprint density at radius 3 is 3.00 bits per heavy atom. The van der Waals surface area contributed by atoms with Crippen molar-refractivity contribution in [2.24, 2.45) is 0 Å². The van der Waals surface area contributed by atoms with E-state index in [0.717, 1.165) is 5.56 Å². The molecule has 0 spiro atoms. The maximum atomic E-state index is 10.9. The fourth-order valence-corrected chi connectivity index (χ4v) is 1.18. The summed E-state index contributed by atoms with van der Waals surface area (Å²) in [6.45, 7) is 1.84. The number of aliphatic hydroxyl groups excluding tert-OH is 1. The summed E-state index contributed by atoms with van der Waals surface area (Å²) in [4.78, 5) is 14.9. The van der Waals surface area contributed by atoms with E-state index in [1.54, 1.807) is 12.3 Å². The number of carbonyl (C=O) groups excluding carboxylic acids is 1. The molecule has 1 aromatic heterocycles. The third-order valence-corrected chi connectivity index (χ3v) is 1.95. The summed E-state index contributed by atoms with van der Waals surface area (Å²) in [5.74, 6) is -0.442. The van der Waals surface area contributed by atoms with Crippen molar-refractivity contribution in [1.82, 2.24) is 4.98 Å². The second-order valence-electron chi connectivity index (χ2n) is 3.00. The first-order valence-electron chi connectivity index (χ1n) is 4.31. The maximum Gasteiger partial charge on any atom is 0.308 e. The highest BCUT2D eigenvalue weighted by molar-refractivity contribution is 5.70. The molecule has 1 N–H and O–H groups in total. The number of nitrogens with zero attached hydrogens (tertiary/aromatic N) is 1. The topological polar surface area (TPSA) is 59.4 Å². The van der Waals surface area contributed by atoms with Crippen LogP contribution in [0.25, 0.3) is 0 Å². The molecule has 1 aromatic rings. The van der Waals surface area contributed by atoms with E-state index in [2.05, 4.69) is 9.72 Å². The first kappa shape index (κ1) is 10.7. The molecule has 0 aromatic carbocycles. The molecule has 0 aliphatic heterocycles. The van der Waals surface area contributed by atoms with Gasteiger partial charge in [0.2, 0.25) is 0 Å². The molecule has 0 radical (unpaired) electrons. The molecule has 0 amide bonds. The summed E-state index contributed by atoms with van der Waals surface area (Å²) in [5.41, 5.74) is 1.39. The van der Waals surface area contributed by atoms with Gasteiger partial charge in [0.05, 0.1) is 19.2 Å². The Bertz CT molecular complexity index is 325. The molecule has 1 heterocycles. The molecule has 0 saturated carbocycles. The van der Waals surface area contributed by atoms with Gasteiger partial charge in [0.1, 0.15) is 6.10 Å². The van der Waals surface area contributed by atoms with Crippen LogP contribution in [0.3, 0.4) is 0 Å². The number of aliphatic hydroxyl groups is 1. The SMILES string of the molecule is COC(=O)C[C@@H](O)c1ncccc1C. The first-order chi connectivity index (χ1) is 6.65. The fraction of sp³-hybridized carbons (Fsp3) is 0.400. The standard InChI is InChI=1S/C10H13NO3/c1-7-4-3-5-11-10(7)8(12)6-9(13)14-2/h3-5,8,12H,6H2,1-2H3/t8-/m1/s1. The molecule has 0 aliphatic rings. The number of hydrogen-bond donors (Lipinski definition) is 1. The second-order valence-corrected chi connectivity index (χ2v) is 3.00. The number of rotatable bonds is 3. The summed E-state index contributed by atoms with van der Waals surface area (Å²) >= 11 is 0. The highest BCUT2D eigenvalue weighted by Crippen LogP contribution is 2.17. The molecule has 4 heteroatoms. The van der Waals surface area contributed by atoms with E-state index in [1.807, 2.05) is 13.0 Å². The zero-order chi connectivity index (χ0) is 10.6. The Labute approximate surface area is 82.5 Å². The minimum absolute atomic E-state index is 0.0612. The normalized spacial score (nSPS) is 12.2. The zero-order valence-corrected chi connectivity index (χ0v) is 8.23. The number of methoxy groups -OCH3 is 1. The van der Waals surface area contributed by atoms with Gasteiger partial charge in [-0.3, -0.25) is 9.78 Å². The Morgan fingerprint density at radius 2 is 2.43 bits per heavy atom. The molecule has 4 nitrogen and oxygen atoms in total. The fourth-order valence-electron chi connectivity index (χ4n) is 1.18. The van der Waals surface area contributed by atoms with E-state index in [9.17, 15) is 9.90 Å². The van der Waals surface area contributed by atoms with Crippen molar-refractivity contribution in [1.29, 1.82) is 0 Å². The van der Waals surface area contributed by atoms with Gasteiger partial charge in [-0.05, 0) is 18.6 Å². The second kappa shape index (κ2) is 4.72. The van der Waals surface area contributed by atoms with Crippen LogP contribution >= 0.6 is 0 Å². The van der Waals surface area contributed by atoms with Crippen LogP contribution < -0.4 is 0 Å². The van der Waals surface area contributed by atoms with E-state index < -0.39 is 12.1 Å². The molecule has 76 valence electrons. The van der Waals surface area contributed by atoms with Crippen LogP contribution in [0.15, 0.2) is 18.3 Å².